The van der Waals surface area contributed by atoms with Crippen LogP contribution in [0.1, 0.15) is 18.9 Å². The van der Waals surface area contributed by atoms with Crippen molar-refractivity contribution in [3.63, 3.8) is 0 Å². The molecule has 1 heterocycles. The van der Waals surface area contributed by atoms with Crippen LogP contribution in [0.4, 0.5) is 0 Å². The van der Waals surface area contributed by atoms with Gasteiger partial charge in [-0.2, -0.15) is 5.10 Å². The van der Waals surface area contributed by atoms with Crippen molar-refractivity contribution in [1.29, 1.82) is 0 Å². The lowest BCUT2D eigenvalue weighted by molar-refractivity contribution is 0.179. The van der Waals surface area contributed by atoms with Gasteiger partial charge in [0.15, 0.2) is 5.96 Å². The zero-order valence-electron chi connectivity index (χ0n) is 12.7. The van der Waals surface area contributed by atoms with Gasteiger partial charge in [-0.1, -0.05) is 0 Å². The third kappa shape index (κ3) is 7.68. The number of halogens is 1. The summed E-state index contributed by atoms with van der Waals surface area (Å²) in [5.41, 5.74) is 1.26. The normalized spacial score (nSPS) is 12.7. The Hall–Kier alpha value is -0.830. The molecule has 7 heteroatoms. The van der Waals surface area contributed by atoms with Gasteiger partial charge < -0.3 is 15.4 Å². The number of nitrogens with one attached hydrogen (secondary N) is 2. The second kappa shape index (κ2) is 10.9. The van der Waals surface area contributed by atoms with E-state index in [1.807, 2.05) is 24.1 Å². The summed E-state index contributed by atoms with van der Waals surface area (Å²) >= 11 is 0. The van der Waals surface area contributed by atoms with Crippen LogP contribution in [0.3, 0.4) is 0 Å². The van der Waals surface area contributed by atoms with E-state index in [1.165, 1.54) is 5.56 Å². The van der Waals surface area contributed by atoms with E-state index in [1.54, 1.807) is 14.2 Å². The smallest absolute Gasteiger partial charge is 0.191 e. The lowest BCUT2D eigenvalue weighted by Gasteiger charge is -2.17. The Balaban J connectivity index is 0.00000361. The molecule has 6 nitrogen and oxygen atoms in total. The predicted molar refractivity (Wildman–Crippen MR) is 92.8 cm³/mol. The Kier molecular flexibility index (Phi) is 10.4. The van der Waals surface area contributed by atoms with Crippen LogP contribution in [-0.2, 0) is 18.2 Å². The fourth-order valence-corrected chi connectivity index (χ4v) is 1.82. The van der Waals surface area contributed by atoms with Crippen LogP contribution in [0, 0.1) is 0 Å². The van der Waals surface area contributed by atoms with Crippen LogP contribution >= 0.6 is 24.0 Å². The molecular weight excluding hydrogens is 369 g/mol. The highest BCUT2D eigenvalue weighted by atomic mass is 127. The van der Waals surface area contributed by atoms with Crippen molar-refractivity contribution in [2.45, 2.75) is 25.8 Å². The Morgan fingerprint density at radius 1 is 1.55 bits per heavy atom. The molecule has 0 aliphatic carbocycles. The summed E-state index contributed by atoms with van der Waals surface area (Å²) in [4.78, 5) is 4.18. The molecule has 0 aliphatic heterocycles. The van der Waals surface area contributed by atoms with Gasteiger partial charge in [0, 0.05) is 40.0 Å². The van der Waals surface area contributed by atoms with Crippen LogP contribution in [0.2, 0.25) is 0 Å². The maximum Gasteiger partial charge on any atom is 0.191 e. The summed E-state index contributed by atoms with van der Waals surface area (Å²) in [6.45, 7) is 3.61. The van der Waals surface area contributed by atoms with Gasteiger partial charge in [0.1, 0.15) is 0 Å². The second-order valence-electron chi connectivity index (χ2n) is 4.63. The van der Waals surface area contributed by atoms with Gasteiger partial charge in [0.2, 0.25) is 0 Å². The zero-order valence-corrected chi connectivity index (χ0v) is 15.0. The molecule has 0 radical (unpaired) electrons. The Bertz CT molecular complexity index is 394. The maximum absolute atomic E-state index is 5.08. The van der Waals surface area contributed by atoms with Crippen LogP contribution < -0.4 is 10.6 Å². The summed E-state index contributed by atoms with van der Waals surface area (Å²) in [5, 5.41) is 10.7. The monoisotopic (exact) mass is 395 g/mol. The van der Waals surface area contributed by atoms with Crippen LogP contribution in [-0.4, -0.2) is 49.1 Å². The topological polar surface area (TPSA) is 63.5 Å². The Morgan fingerprint density at radius 3 is 2.85 bits per heavy atom. The van der Waals surface area contributed by atoms with Crippen LogP contribution in [0.25, 0.3) is 0 Å². The summed E-state index contributed by atoms with van der Waals surface area (Å²) in [6, 6.07) is 0.245. The van der Waals surface area contributed by atoms with E-state index in [4.69, 9.17) is 4.74 Å². The van der Waals surface area contributed by atoms with Crippen molar-refractivity contribution in [2.24, 2.45) is 12.0 Å². The van der Waals surface area contributed by atoms with E-state index in [0.29, 0.717) is 6.61 Å². The first-order chi connectivity index (χ1) is 9.15. The molecule has 0 amide bonds. The van der Waals surface area contributed by atoms with E-state index >= 15 is 0 Å². The molecule has 116 valence electrons. The minimum absolute atomic E-state index is 0. The highest BCUT2D eigenvalue weighted by Gasteiger charge is 2.04. The molecule has 0 aromatic carbocycles. The van der Waals surface area contributed by atoms with E-state index in [2.05, 4.69) is 27.6 Å². The number of aliphatic imine (C=N–C) groups is 1. The number of rotatable bonds is 7. The SMILES string of the molecule is CN=C(NCCCc1cnn(C)c1)NC(C)COC.I. The first-order valence-corrected chi connectivity index (χ1v) is 6.59. The summed E-state index contributed by atoms with van der Waals surface area (Å²) in [7, 11) is 5.41. The minimum Gasteiger partial charge on any atom is -0.383 e. The van der Waals surface area contributed by atoms with Crippen LogP contribution in [0.15, 0.2) is 17.4 Å². The maximum atomic E-state index is 5.08. The second-order valence-corrected chi connectivity index (χ2v) is 4.63. The molecule has 1 aromatic heterocycles. The van der Waals surface area contributed by atoms with Crippen molar-refractivity contribution in [3.8, 4) is 0 Å². The molecule has 1 aromatic rings. The third-order valence-electron chi connectivity index (χ3n) is 2.72. The fourth-order valence-electron chi connectivity index (χ4n) is 1.82. The van der Waals surface area contributed by atoms with E-state index in [-0.39, 0.29) is 30.0 Å². The summed E-state index contributed by atoms with van der Waals surface area (Å²) < 4.78 is 6.91. The number of hydrogen-bond donors (Lipinski definition) is 2. The van der Waals surface area contributed by atoms with E-state index < -0.39 is 0 Å². The minimum atomic E-state index is 0. The fraction of sp³-hybridized carbons (Fsp3) is 0.692. The van der Waals surface area contributed by atoms with Crippen LogP contribution in [0.5, 0.6) is 0 Å². The molecule has 0 spiro atoms. The largest absolute Gasteiger partial charge is 0.383 e. The Morgan fingerprint density at radius 2 is 2.30 bits per heavy atom. The zero-order chi connectivity index (χ0) is 14.1. The highest BCUT2D eigenvalue weighted by molar-refractivity contribution is 14.0. The number of hydrogen-bond acceptors (Lipinski definition) is 3. The molecular formula is C13H26IN5O. The average molecular weight is 395 g/mol. The number of guanidine groups is 1. The number of aromatic nitrogens is 2. The van der Waals surface area contributed by atoms with Gasteiger partial charge in [0.05, 0.1) is 12.8 Å². The molecule has 0 bridgehead atoms. The molecule has 20 heavy (non-hydrogen) atoms. The van der Waals surface area contributed by atoms with Gasteiger partial charge in [-0.25, -0.2) is 0 Å². The first-order valence-electron chi connectivity index (χ1n) is 6.59. The molecule has 1 unspecified atom stereocenters. The highest BCUT2D eigenvalue weighted by Crippen LogP contribution is 1.99. The predicted octanol–water partition coefficient (Wildman–Crippen LogP) is 1.17. The lowest BCUT2D eigenvalue weighted by Crippen LogP contribution is -2.44. The van der Waals surface area contributed by atoms with Gasteiger partial charge in [0.25, 0.3) is 0 Å². The quantitative estimate of drug-likeness (QED) is 0.315. The van der Waals surface area contributed by atoms with Crippen molar-refractivity contribution in [1.82, 2.24) is 20.4 Å². The molecule has 1 atom stereocenters. The summed E-state index contributed by atoms with van der Waals surface area (Å²) in [6.07, 6.45) is 6.03. The van der Waals surface area contributed by atoms with Gasteiger partial charge in [-0.05, 0) is 25.3 Å². The first kappa shape index (κ1) is 19.2. The van der Waals surface area contributed by atoms with Crippen molar-refractivity contribution in [3.05, 3.63) is 18.0 Å². The Labute approximate surface area is 138 Å². The van der Waals surface area contributed by atoms with Crippen molar-refractivity contribution < 1.29 is 4.74 Å². The molecule has 1 rings (SSSR count). The third-order valence-corrected chi connectivity index (χ3v) is 2.72. The molecule has 0 saturated carbocycles. The van der Waals surface area contributed by atoms with Gasteiger partial charge >= 0.3 is 0 Å². The molecule has 0 fully saturated rings. The number of ether oxygens (including phenoxy) is 1. The molecule has 0 aliphatic rings. The number of methoxy groups -OCH3 is 1. The van der Waals surface area contributed by atoms with Gasteiger partial charge in [-0.3, -0.25) is 9.67 Å². The van der Waals surface area contributed by atoms with Gasteiger partial charge in [-0.15, -0.1) is 24.0 Å². The summed E-state index contributed by atoms with van der Waals surface area (Å²) in [5.74, 6) is 0.815. The number of nitrogens with zero attached hydrogens (tertiary/aromatic N) is 3. The lowest BCUT2D eigenvalue weighted by atomic mass is 10.2. The van der Waals surface area contributed by atoms with E-state index in [0.717, 1.165) is 25.3 Å². The standard InChI is InChI=1S/C13H25N5O.HI/c1-11(10-19-4)17-13(14-2)15-7-5-6-12-8-16-18(3)9-12;/h8-9,11H,5-7,10H2,1-4H3,(H2,14,15,17);1H. The molecule has 2 N–H and O–H groups in total. The molecule has 0 saturated heterocycles. The van der Waals surface area contributed by atoms with E-state index in [9.17, 15) is 0 Å². The average Bonchev–Trinajstić information content (AvgIpc) is 2.79. The number of aryl methyl sites for hydroxylation is 2. The van der Waals surface area contributed by atoms with Crippen molar-refractivity contribution >= 4 is 29.9 Å². The van der Waals surface area contributed by atoms with Crippen molar-refractivity contribution in [2.75, 3.05) is 27.3 Å².